The molecule has 20 heteroatoms. The number of phosphoric ester groups is 1. The Kier molecular flexibility index (Phi) is 7.64. The molecule has 0 aliphatic carbocycles. The third-order valence-electron chi connectivity index (χ3n) is 7.10. The highest BCUT2D eigenvalue weighted by Crippen LogP contribution is 2.50. The van der Waals surface area contributed by atoms with Crippen molar-refractivity contribution in [3.8, 4) is 0 Å². The summed E-state index contributed by atoms with van der Waals surface area (Å²) < 4.78 is 59.1. The Morgan fingerprint density at radius 1 is 1.24 bits per heavy atom. The van der Waals surface area contributed by atoms with Gasteiger partial charge in [-0.05, 0) is 13.3 Å². The first-order chi connectivity index (χ1) is 20.1. The number of fused-ring (bicyclic) bond motifs is 4. The van der Waals surface area contributed by atoms with Crippen molar-refractivity contribution < 1.29 is 37.1 Å². The Bertz CT molecular complexity index is 1700. The number of hydrogen-bond donors (Lipinski definition) is 4. The van der Waals surface area contributed by atoms with Crippen LogP contribution in [0.15, 0.2) is 23.8 Å². The standard InChI is InChI=1S/C22H28FN10O8P/c1-10(32-8-28-15-17(24)26-7-27-18(15)32)39-13-6-38-42(35,36)41-12-4-14(37-3-2-11(13)5-23)40-21(12)33-9-29-16-19(33)30-22(25)31-20(16)34/h7-14,21H,2-6H2,1H3,(H,35,36)(H2,24,26,27)(H3,25,30,31,34)/t10-,11-,12+,13?,14+,21?/m1/s1. The molecule has 4 aromatic rings. The van der Waals surface area contributed by atoms with Crippen molar-refractivity contribution in [2.45, 2.75) is 50.7 Å². The number of nitrogens with one attached hydrogen (secondary N) is 1. The summed E-state index contributed by atoms with van der Waals surface area (Å²) >= 11 is 0. The summed E-state index contributed by atoms with van der Waals surface area (Å²) in [7, 11) is -4.77. The van der Waals surface area contributed by atoms with E-state index < -0.39 is 63.5 Å². The lowest BCUT2D eigenvalue weighted by atomic mass is 10.0. The number of rotatable bonds is 5. The van der Waals surface area contributed by atoms with E-state index in [1.54, 1.807) is 11.5 Å². The average Bonchev–Trinajstić information content (AvgIpc) is 3.66. The quantitative estimate of drug-likeness (QED) is 0.228. The Hall–Kier alpha value is -3.58. The van der Waals surface area contributed by atoms with Crippen molar-refractivity contribution in [1.82, 2.24) is 39.0 Å². The fourth-order valence-corrected chi connectivity index (χ4v) is 5.93. The normalized spacial score (nSPS) is 29.8. The second-order valence-electron chi connectivity index (χ2n) is 9.81. The summed E-state index contributed by atoms with van der Waals surface area (Å²) in [5, 5.41) is 0. The van der Waals surface area contributed by atoms with Crippen molar-refractivity contribution in [3.63, 3.8) is 0 Å². The maximum atomic E-state index is 14.3. The van der Waals surface area contributed by atoms with E-state index in [-0.39, 0.29) is 42.4 Å². The molecule has 0 spiro atoms. The number of anilines is 2. The van der Waals surface area contributed by atoms with Gasteiger partial charge in [-0.25, -0.2) is 24.5 Å². The van der Waals surface area contributed by atoms with Crippen LogP contribution in [0.1, 0.15) is 32.2 Å². The third kappa shape index (κ3) is 5.47. The number of alkyl halides is 1. The van der Waals surface area contributed by atoms with Crippen LogP contribution >= 0.6 is 7.82 Å². The smallest absolute Gasteiger partial charge is 0.382 e. The van der Waals surface area contributed by atoms with E-state index in [0.29, 0.717) is 11.2 Å². The van der Waals surface area contributed by atoms with E-state index in [4.69, 9.17) is 34.7 Å². The van der Waals surface area contributed by atoms with Gasteiger partial charge in [-0.15, -0.1) is 0 Å². The number of ether oxygens (including phenoxy) is 3. The van der Waals surface area contributed by atoms with Crippen molar-refractivity contribution in [1.29, 1.82) is 0 Å². The summed E-state index contributed by atoms with van der Waals surface area (Å²) in [6.45, 7) is 0.424. The van der Waals surface area contributed by atoms with Crippen molar-refractivity contribution in [2.24, 2.45) is 5.92 Å². The predicted molar refractivity (Wildman–Crippen MR) is 141 cm³/mol. The lowest BCUT2D eigenvalue weighted by Crippen LogP contribution is -2.34. The van der Waals surface area contributed by atoms with Gasteiger partial charge in [0, 0.05) is 12.3 Å². The highest BCUT2D eigenvalue weighted by Gasteiger charge is 2.44. The van der Waals surface area contributed by atoms with Crippen LogP contribution in [0.2, 0.25) is 0 Å². The van der Waals surface area contributed by atoms with Gasteiger partial charge in [0.25, 0.3) is 5.56 Å². The van der Waals surface area contributed by atoms with Gasteiger partial charge in [0.05, 0.1) is 38.6 Å². The van der Waals surface area contributed by atoms with Crippen LogP contribution in [0.25, 0.3) is 22.3 Å². The summed E-state index contributed by atoms with van der Waals surface area (Å²) in [5.41, 5.74) is 11.8. The zero-order valence-electron chi connectivity index (χ0n) is 22.1. The molecular weight excluding hydrogens is 582 g/mol. The minimum Gasteiger partial charge on any atom is -0.382 e. The number of nitrogens with two attached hydrogens (primary N) is 2. The summed E-state index contributed by atoms with van der Waals surface area (Å²) in [6.07, 6.45) is -0.610. The van der Waals surface area contributed by atoms with Gasteiger partial charge in [-0.2, -0.15) is 4.98 Å². The molecule has 4 aromatic heterocycles. The van der Waals surface area contributed by atoms with Crippen LogP contribution in [-0.4, -0.2) is 82.3 Å². The first-order valence-electron chi connectivity index (χ1n) is 12.9. The zero-order valence-corrected chi connectivity index (χ0v) is 23.0. The number of hydrogen-bond acceptors (Lipinski definition) is 14. The van der Waals surface area contributed by atoms with Crippen LogP contribution in [0.4, 0.5) is 16.2 Å². The van der Waals surface area contributed by atoms with E-state index >= 15 is 0 Å². The lowest BCUT2D eigenvalue weighted by molar-refractivity contribution is -0.157. The molecule has 226 valence electrons. The SMILES string of the molecule is C[C@@H](OC1COP(=O)(O)O[C@H]2C[C@@H](OCC[C@@H]1CF)OC2n1cnc2c(=O)[nH]c(N)nc21)n1cnc2c(N)ncnc21. The topological polar surface area (TPSA) is 243 Å². The number of aromatic nitrogens is 8. The monoisotopic (exact) mass is 610 g/mol. The van der Waals surface area contributed by atoms with Gasteiger partial charge in [-0.1, -0.05) is 0 Å². The molecule has 2 saturated heterocycles. The first-order valence-corrected chi connectivity index (χ1v) is 14.4. The molecule has 18 nitrogen and oxygen atoms in total. The second-order valence-corrected chi connectivity index (χ2v) is 11.2. The fraction of sp³-hybridized carbons (Fsp3) is 0.545. The van der Waals surface area contributed by atoms with Gasteiger partial charge in [0.2, 0.25) is 5.95 Å². The molecule has 6 heterocycles. The van der Waals surface area contributed by atoms with Gasteiger partial charge in [-0.3, -0.25) is 32.4 Å². The molecule has 0 amide bonds. The Labute approximate surface area is 235 Å². The lowest BCUT2D eigenvalue weighted by Gasteiger charge is -2.30. The number of nitrogens with zero attached hydrogens (tertiary/aromatic N) is 7. The zero-order chi connectivity index (χ0) is 29.6. The predicted octanol–water partition coefficient (Wildman–Crippen LogP) is 0.781. The molecule has 3 unspecified atom stereocenters. The van der Waals surface area contributed by atoms with Gasteiger partial charge in [0.1, 0.15) is 24.2 Å². The number of aromatic amines is 1. The van der Waals surface area contributed by atoms with E-state index in [9.17, 15) is 18.6 Å². The third-order valence-corrected chi connectivity index (χ3v) is 8.11. The molecule has 6 rings (SSSR count). The van der Waals surface area contributed by atoms with E-state index in [1.165, 1.54) is 23.5 Å². The number of H-pyrrole nitrogens is 1. The number of halogens is 1. The van der Waals surface area contributed by atoms with Gasteiger partial charge in [0.15, 0.2) is 35.1 Å². The maximum absolute atomic E-state index is 14.3. The number of imidazole rings is 2. The highest BCUT2D eigenvalue weighted by atomic mass is 31.2. The van der Waals surface area contributed by atoms with Crippen molar-refractivity contribution in [2.75, 3.05) is 31.4 Å². The van der Waals surface area contributed by atoms with E-state index in [1.807, 2.05) is 0 Å². The molecule has 0 aromatic carbocycles. The van der Waals surface area contributed by atoms with Gasteiger partial charge < -0.3 is 30.6 Å². The first kappa shape index (κ1) is 28.5. The van der Waals surface area contributed by atoms with E-state index in [2.05, 4.69) is 29.9 Å². The highest BCUT2D eigenvalue weighted by molar-refractivity contribution is 7.47. The van der Waals surface area contributed by atoms with Crippen LogP contribution in [-0.2, 0) is 27.8 Å². The van der Waals surface area contributed by atoms with Crippen LogP contribution < -0.4 is 17.0 Å². The Morgan fingerprint density at radius 3 is 2.86 bits per heavy atom. The van der Waals surface area contributed by atoms with E-state index in [0.717, 1.165) is 0 Å². The molecule has 2 bridgehead atoms. The minimum absolute atomic E-state index is 0.0167. The number of nitrogen functional groups attached to an aromatic ring is 2. The van der Waals surface area contributed by atoms with Crippen molar-refractivity contribution in [3.05, 3.63) is 29.3 Å². The Balaban J connectivity index is 1.24. The molecule has 2 aliphatic heterocycles. The second kappa shape index (κ2) is 11.3. The fourth-order valence-electron chi connectivity index (χ4n) is 5.00. The average molecular weight is 610 g/mol. The molecule has 0 radical (unpaired) electrons. The molecule has 42 heavy (non-hydrogen) atoms. The minimum atomic E-state index is -4.77. The maximum Gasteiger partial charge on any atom is 0.472 e. The molecule has 0 saturated carbocycles. The molecule has 2 fully saturated rings. The Morgan fingerprint density at radius 2 is 2.05 bits per heavy atom. The van der Waals surface area contributed by atoms with Crippen molar-refractivity contribution >= 4 is 41.9 Å². The summed E-state index contributed by atoms with van der Waals surface area (Å²) in [5.74, 6) is -0.759. The summed E-state index contributed by atoms with van der Waals surface area (Å²) in [4.78, 5) is 45.7. The van der Waals surface area contributed by atoms with Crippen LogP contribution in [0.3, 0.4) is 0 Å². The molecule has 2 aliphatic rings. The van der Waals surface area contributed by atoms with Gasteiger partial charge >= 0.3 is 7.82 Å². The van der Waals surface area contributed by atoms with Crippen LogP contribution in [0, 0.1) is 5.92 Å². The molecular formula is C22H28FN10O8P. The largest absolute Gasteiger partial charge is 0.472 e. The molecule has 7 atom stereocenters. The molecule has 6 N–H and O–H groups in total. The summed E-state index contributed by atoms with van der Waals surface area (Å²) in [6, 6.07) is 0. The number of phosphoric acid groups is 1. The van der Waals surface area contributed by atoms with Crippen LogP contribution in [0.5, 0.6) is 0 Å².